The lowest BCUT2D eigenvalue weighted by atomic mass is 10.2. The molecule has 0 saturated carbocycles. The molecule has 0 aliphatic rings. The van der Waals surface area contributed by atoms with Crippen LogP contribution in [0.3, 0.4) is 0 Å². The Morgan fingerprint density at radius 3 is 2.88 bits per heavy atom. The van der Waals surface area contributed by atoms with Crippen molar-refractivity contribution in [3.63, 3.8) is 0 Å². The van der Waals surface area contributed by atoms with Crippen LogP contribution in [-0.2, 0) is 6.54 Å². The monoisotopic (exact) mass is 238 g/mol. The van der Waals surface area contributed by atoms with Crippen molar-refractivity contribution in [2.75, 3.05) is 0 Å². The number of hydrogen-bond acceptors (Lipinski definition) is 4. The normalized spacial score (nSPS) is 10.3. The molecule has 0 saturated heterocycles. The zero-order chi connectivity index (χ0) is 11.5. The molecule has 16 heavy (non-hydrogen) atoms. The van der Waals surface area contributed by atoms with E-state index in [4.69, 9.17) is 11.6 Å². The second kappa shape index (κ2) is 4.28. The van der Waals surface area contributed by atoms with Crippen LogP contribution in [0.25, 0.3) is 0 Å². The molecular formula is C9H7ClN4O2. The van der Waals surface area contributed by atoms with Gasteiger partial charge in [-0.05, 0) is 11.6 Å². The molecule has 0 amide bonds. The number of non-ortho nitro benzene ring substituents is 1. The van der Waals surface area contributed by atoms with Crippen LogP contribution < -0.4 is 0 Å². The summed E-state index contributed by atoms with van der Waals surface area (Å²) in [5, 5.41) is 14.8. The molecule has 2 aromatic rings. The first-order valence-corrected chi connectivity index (χ1v) is 4.80. The topological polar surface area (TPSA) is 73.8 Å². The van der Waals surface area contributed by atoms with Crippen molar-refractivity contribution in [1.29, 1.82) is 0 Å². The molecular weight excluding hydrogens is 232 g/mol. The third kappa shape index (κ3) is 2.17. The molecule has 82 valence electrons. The fourth-order valence-corrected chi connectivity index (χ4v) is 1.50. The van der Waals surface area contributed by atoms with Crippen LogP contribution in [0.4, 0.5) is 5.69 Å². The van der Waals surface area contributed by atoms with E-state index in [1.807, 2.05) is 0 Å². The van der Waals surface area contributed by atoms with Gasteiger partial charge in [0.05, 0.1) is 16.5 Å². The number of hydrogen-bond donors (Lipinski definition) is 0. The largest absolute Gasteiger partial charge is 0.270 e. The van der Waals surface area contributed by atoms with Crippen molar-refractivity contribution < 1.29 is 4.92 Å². The van der Waals surface area contributed by atoms with Crippen molar-refractivity contribution in [3.8, 4) is 0 Å². The van der Waals surface area contributed by atoms with Crippen molar-refractivity contribution in [3.05, 3.63) is 51.6 Å². The van der Waals surface area contributed by atoms with Gasteiger partial charge in [0, 0.05) is 12.1 Å². The summed E-state index contributed by atoms with van der Waals surface area (Å²) < 4.78 is 1.59. The van der Waals surface area contributed by atoms with Crippen molar-refractivity contribution >= 4 is 17.3 Å². The molecule has 0 spiro atoms. The van der Waals surface area contributed by atoms with Crippen LogP contribution >= 0.6 is 11.6 Å². The van der Waals surface area contributed by atoms with Gasteiger partial charge < -0.3 is 0 Å². The summed E-state index contributed by atoms with van der Waals surface area (Å²) in [5.74, 6) is 0. The van der Waals surface area contributed by atoms with Gasteiger partial charge >= 0.3 is 0 Å². The first-order chi connectivity index (χ1) is 7.66. The second-order valence-electron chi connectivity index (χ2n) is 3.13. The number of aromatic nitrogens is 3. The van der Waals surface area contributed by atoms with Gasteiger partial charge in [0.15, 0.2) is 0 Å². The Kier molecular flexibility index (Phi) is 2.82. The standard InChI is InChI=1S/C9H7ClN4O2/c10-9-3-8(14(15)16)2-1-7(9)4-13-6-11-5-12-13/h1-3,5-6H,4H2. The van der Waals surface area contributed by atoms with Crippen LogP contribution in [0.1, 0.15) is 5.56 Å². The third-order valence-electron chi connectivity index (χ3n) is 2.05. The maximum atomic E-state index is 10.5. The van der Waals surface area contributed by atoms with Crippen LogP contribution in [0, 0.1) is 10.1 Å². The van der Waals surface area contributed by atoms with Crippen LogP contribution in [0.15, 0.2) is 30.9 Å². The maximum Gasteiger partial charge on any atom is 0.270 e. The lowest BCUT2D eigenvalue weighted by Crippen LogP contribution is -2.01. The molecule has 0 radical (unpaired) electrons. The van der Waals surface area contributed by atoms with Crippen LogP contribution in [0.5, 0.6) is 0 Å². The van der Waals surface area contributed by atoms with Gasteiger partial charge in [-0.25, -0.2) is 9.67 Å². The van der Waals surface area contributed by atoms with E-state index >= 15 is 0 Å². The molecule has 0 N–H and O–H groups in total. The Balaban J connectivity index is 2.26. The molecule has 6 nitrogen and oxygen atoms in total. The summed E-state index contributed by atoms with van der Waals surface area (Å²) in [6, 6.07) is 4.36. The molecule has 0 bridgehead atoms. The molecule has 0 atom stereocenters. The van der Waals surface area contributed by atoms with E-state index in [1.165, 1.54) is 18.5 Å². The fraction of sp³-hybridized carbons (Fsp3) is 0.111. The molecule has 0 aliphatic heterocycles. The molecule has 0 aliphatic carbocycles. The minimum atomic E-state index is -0.481. The highest BCUT2D eigenvalue weighted by Crippen LogP contribution is 2.22. The SMILES string of the molecule is O=[N+]([O-])c1ccc(Cn2cncn2)c(Cl)c1. The molecule has 1 aromatic carbocycles. The van der Waals surface area contributed by atoms with Gasteiger partial charge in [-0.15, -0.1) is 0 Å². The molecule has 7 heteroatoms. The third-order valence-corrected chi connectivity index (χ3v) is 2.40. The van der Waals surface area contributed by atoms with Gasteiger partial charge in [0.1, 0.15) is 12.7 Å². The average Bonchev–Trinajstić information content (AvgIpc) is 2.73. The Bertz CT molecular complexity index is 512. The van der Waals surface area contributed by atoms with E-state index in [9.17, 15) is 10.1 Å². The molecule has 1 aromatic heterocycles. The smallest absolute Gasteiger partial charge is 0.258 e. The summed E-state index contributed by atoms with van der Waals surface area (Å²) in [4.78, 5) is 13.8. The zero-order valence-corrected chi connectivity index (χ0v) is 8.83. The fourth-order valence-electron chi connectivity index (χ4n) is 1.27. The summed E-state index contributed by atoms with van der Waals surface area (Å²) in [5.41, 5.74) is 0.741. The highest BCUT2D eigenvalue weighted by molar-refractivity contribution is 6.31. The Hall–Kier alpha value is -1.95. The Morgan fingerprint density at radius 1 is 1.50 bits per heavy atom. The second-order valence-corrected chi connectivity index (χ2v) is 3.53. The molecule has 0 fully saturated rings. The minimum Gasteiger partial charge on any atom is -0.258 e. The zero-order valence-electron chi connectivity index (χ0n) is 8.08. The predicted octanol–water partition coefficient (Wildman–Crippen LogP) is 1.89. The lowest BCUT2D eigenvalue weighted by molar-refractivity contribution is -0.384. The summed E-state index contributed by atoms with van der Waals surface area (Å²) in [7, 11) is 0. The number of benzene rings is 1. The number of nitrogens with zero attached hydrogens (tertiary/aromatic N) is 4. The van der Waals surface area contributed by atoms with Crippen molar-refractivity contribution in [2.24, 2.45) is 0 Å². The van der Waals surface area contributed by atoms with E-state index in [0.29, 0.717) is 11.6 Å². The minimum absolute atomic E-state index is 0.0210. The van der Waals surface area contributed by atoms with Gasteiger partial charge in [0.2, 0.25) is 0 Å². The first-order valence-electron chi connectivity index (χ1n) is 4.42. The van der Waals surface area contributed by atoms with Crippen molar-refractivity contribution in [2.45, 2.75) is 6.54 Å². The van der Waals surface area contributed by atoms with E-state index in [-0.39, 0.29) is 5.69 Å². The van der Waals surface area contributed by atoms with E-state index < -0.39 is 4.92 Å². The number of nitro benzene ring substituents is 1. The van der Waals surface area contributed by atoms with Crippen molar-refractivity contribution in [1.82, 2.24) is 14.8 Å². The van der Waals surface area contributed by atoms with Gasteiger partial charge in [-0.1, -0.05) is 11.6 Å². The summed E-state index contributed by atoms with van der Waals surface area (Å²) in [6.07, 6.45) is 2.97. The van der Waals surface area contributed by atoms with Gasteiger partial charge in [-0.2, -0.15) is 5.10 Å². The first kappa shape index (κ1) is 10.6. The number of rotatable bonds is 3. The summed E-state index contributed by atoms with van der Waals surface area (Å²) in [6.45, 7) is 0.441. The predicted molar refractivity (Wildman–Crippen MR) is 57.2 cm³/mol. The van der Waals surface area contributed by atoms with E-state index in [1.54, 1.807) is 17.1 Å². The Labute approximate surface area is 95.6 Å². The van der Waals surface area contributed by atoms with Crippen LogP contribution in [0.2, 0.25) is 5.02 Å². The highest BCUT2D eigenvalue weighted by atomic mass is 35.5. The molecule has 1 heterocycles. The van der Waals surface area contributed by atoms with E-state index in [0.717, 1.165) is 5.56 Å². The van der Waals surface area contributed by atoms with Gasteiger partial charge in [-0.3, -0.25) is 10.1 Å². The summed E-state index contributed by atoms with van der Waals surface area (Å²) >= 11 is 5.92. The number of nitro groups is 1. The van der Waals surface area contributed by atoms with E-state index in [2.05, 4.69) is 10.1 Å². The van der Waals surface area contributed by atoms with Crippen LogP contribution in [-0.4, -0.2) is 19.7 Å². The molecule has 2 rings (SSSR count). The highest BCUT2D eigenvalue weighted by Gasteiger charge is 2.09. The maximum absolute atomic E-state index is 10.5. The lowest BCUT2D eigenvalue weighted by Gasteiger charge is -2.03. The Morgan fingerprint density at radius 2 is 2.31 bits per heavy atom. The average molecular weight is 239 g/mol. The molecule has 0 unspecified atom stereocenters. The number of halogens is 1. The quantitative estimate of drug-likeness (QED) is 0.605. The van der Waals surface area contributed by atoms with Gasteiger partial charge in [0.25, 0.3) is 5.69 Å².